The van der Waals surface area contributed by atoms with E-state index in [1.54, 1.807) is 12.1 Å². The summed E-state index contributed by atoms with van der Waals surface area (Å²) in [6.45, 7) is -0.186. The Morgan fingerprint density at radius 1 is 1.19 bits per heavy atom. The lowest BCUT2D eigenvalue weighted by atomic mass is 10.1. The molecule has 0 saturated heterocycles. The van der Waals surface area contributed by atoms with Gasteiger partial charge in [0.05, 0.1) is 5.52 Å². The normalized spacial score (nSPS) is 14.7. The predicted octanol–water partition coefficient (Wildman–Crippen LogP) is 2.13. The first-order chi connectivity index (χ1) is 13.1. The maximum atomic E-state index is 13.2. The van der Waals surface area contributed by atoms with Gasteiger partial charge in [0.2, 0.25) is 6.10 Å². The maximum absolute atomic E-state index is 13.2. The summed E-state index contributed by atoms with van der Waals surface area (Å²) >= 11 is 0. The van der Waals surface area contributed by atoms with Gasteiger partial charge in [0.15, 0.2) is 0 Å². The Labute approximate surface area is 154 Å². The predicted molar refractivity (Wildman–Crippen MR) is 93.9 cm³/mol. The van der Waals surface area contributed by atoms with Gasteiger partial charge in [-0.25, -0.2) is 9.07 Å². The van der Waals surface area contributed by atoms with E-state index in [9.17, 15) is 14.0 Å². The van der Waals surface area contributed by atoms with Crippen molar-refractivity contribution in [2.24, 2.45) is 0 Å². The number of ether oxygens (including phenoxy) is 1. The molecule has 0 spiro atoms. The molecular weight excluding hydrogens is 351 g/mol. The number of carbonyl (C=O) groups is 2. The monoisotopic (exact) mass is 368 g/mol. The fraction of sp³-hybridized carbons (Fsp3) is 0.263. The zero-order valence-corrected chi connectivity index (χ0v) is 14.3. The molecule has 0 bridgehead atoms. The number of para-hydroxylation sites is 1. The zero-order valence-electron chi connectivity index (χ0n) is 14.3. The van der Waals surface area contributed by atoms with Crippen molar-refractivity contribution < 1.29 is 18.7 Å². The van der Waals surface area contributed by atoms with Gasteiger partial charge in [0.25, 0.3) is 5.91 Å². The molecule has 2 aromatic carbocycles. The van der Waals surface area contributed by atoms with Crippen LogP contribution < -0.4 is 5.32 Å². The van der Waals surface area contributed by atoms with Gasteiger partial charge in [-0.05, 0) is 37.1 Å². The molecule has 1 aliphatic rings. The fourth-order valence-corrected chi connectivity index (χ4v) is 2.74. The molecule has 138 valence electrons. The second kappa shape index (κ2) is 7.14. The average Bonchev–Trinajstić information content (AvgIpc) is 3.39. The van der Waals surface area contributed by atoms with Crippen LogP contribution in [0.5, 0.6) is 0 Å². The van der Waals surface area contributed by atoms with Crippen LogP contribution in [0.15, 0.2) is 48.5 Å². The van der Waals surface area contributed by atoms with Gasteiger partial charge < -0.3 is 10.1 Å². The molecule has 1 fully saturated rings. The Balaban J connectivity index is 1.52. The van der Waals surface area contributed by atoms with Crippen LogP contribution in [0.4, 0.5) is 4.39 Å². The lowest BCUT2D eigenvalue weighted by Crippen LogP contribution is -2.34. The molecule has 1 amide bonds. The summed E-state index contributed by atoms with van der Waals surface area (Å²) in [5.74, 6) is -1.48. The third-order valence-electron chi connectivity index (χ3n) is 4.28. The lowest BCUT2D eigenvalue weighted by molar-refractivity contribution is -0.157. The summed E-state index contributed by atoms with van der Waals surface area (Å²) in [6.07, 6.45) is 0.662. The van der Waals surface area contributed by atoms with Gasteiger partial charge in [-0.1, -0.05) is 29.5 Å². The van der Waals surface area contributed by atoms with Crippen LogP contribution in [0.1, 0.15) is 24.5 Å². The van der Waals surface area contributed by atoms with Crippen molar-refractivity contribution in [1.29, 1.82) is 0 Å². The van der Waals surface area contributed by atoms with Crippen LogP contribution in [-0.2, 0) is 20.9 Å². The third-order valence-corrected chi connectivity index (χ3v) is 4.28. The van der Waals surface area contributed by atoms with Crippen LogP contribution in [0, 0.1) is 5.82 Å². The zero-order chi connectivity index (χ0) is 18.8. The number of amides is 1. The quantitative estimate of drug-likeness (QED) is 0.674. The Morgan fingerprint density at radius 2 is 1.93 bits per heavy atom. The van der Waals surface area contributed by atoms with E-state index < -0.39 is 23.8 Å². The number of benzene rings is 2. The van der Waals surface area contributed by atoms with E-state index in [4.69, 9.17) is 4.74 Å². The summed E-state index contributed by atoms with van der Waals surface area (Å²) in [5.41, 5.74) is 1.76. The van der Waals surface area contributed by atoms with E-state index in [1.807, 2.05) is 12.1 Å². The van der Waals surface area contributed by atoms with Crippen molar-refractivity contribution in [3.8, 4) is 0 Å². The van der Waals surface area contributed by atoms with Crippen molar-refractivity contribution in [2.75, 3.05) is 0 Å². The molecule has 1 saturated carbocycles. The molecule has 1 aliphatic carbocycles. The molecule has 3 aromatic rings. The van der Waals surface area contributed by atoms with Crippen LogP contribution in [0.2, 0.25) is 0 Å². The maximum Gasteiger partial charge on any atom is 0.328 e. The highest BCUT2D eigenvalue weighted by Crippen LogP contribution is 2.24. The first kappa shape index (κ1) is 17.1. The van der Waals surface area contributed by atoms with Gasteiger partial charge in [0, 0.05) is 11.6 Å². The van der Waals surface area contributed by atoms with Gasteiger partial charge in [-0.2, -0.15) is 0 Å². The molecular formula is C19H17FN4O3. The van der Waals surface area contributed by atoms with E-state index in [0.717, 1.165) is 12.8 Å². The van der Waals surface area contributed by atoms with Crippen LogP contribution in [-0.4, -0.2) is 32.9 Å². The molecule has 0 radical (unpaired) electrons. The summed E-state index contributed by atoms with van der Waals surface area (Å²) in [6, 6.07) is 12.7. The highest BCUT2D eigenvalue weighted by molar-refractivity contribution is 5.85. The second-order valence-corrected chi connectivity index (χ2v) is 6.44. The van der Waals surface area contributed by atoms with E-state index in [0.29, 0.717) is 16.6 Å². The molecule has 1 N–H and O–H groups in total. The van der Waals surface area contributed by atoms with Crippen molar-refractivity contribution in [3.63, 3.8) is 0 Å². The summed E-state index contributed by atoms with van der Waals surface area (Å²) in [7, 11) is 0. The smallest absolute Gasteiger partial charge is 0.328 e. The molecule has 1 unspecified atom stereocenters. The minimum Gasteiger partial charge on any atom is -0.446 e. The van der Waals surface area contributed by atoms with E-state index >= 15 is 0 Å². The largest absolute Gasteiger partial charge is 0.446 e. The topological polar surface area (TPSA) is 86.1 Å². The highest BCUT2D eigenvalue weighted by Gasteiger charge is 2.31. The molecule has 27 heavy (non-hydrogen) atoms. The minimum absolute atomic E-state index is 0.110. The lowest BCUT2D eigenvalue weighted by Gasteiger charge is -2.18. The Hall–Kier alpha value is -3.29. The van der Waals surface area contributed by atoms with Gasteiger partial charge in [-0.15, -0.1) is 5.10 Å². The van der Waals surface area contributed by atoms with E-state index in [2.05, 4.69) is 15.6 Å². The van der Waals surface area contributed by atoms with Crippen LogP contribution in [0.3, 0.4) is 0 Å². The average molecular weight is 368 g/mol. The Kier molecular flexibility index (Phi) is 4.53. The van der Waals surface area contributed by atoms with Gasteiger partial charge in [0.1, 0.15) is 17.9 Å². The molecule has 1 heterocycles. The SMILES string of the molecule is O=C(Cn1nnc2ccccc21)OC(C(=O)NC1CC1)c1ccc(F)cc1. The first-order valence-electron chi connectivity index (χ1n) is 8.64. The molecule has 1 aromatic heterocycles. The number of hydrogen-bond donors (Lipinski definition) is 1. The molecule has 8 heteroatoms. The molecule has 7 nitrogen and oxygen atoms in total. The van der Waals surface area contributed by atoms with Gasteiger partial charge in [-0.3, -0.25) is 9.59 Å². The summed E-state index contributed by atoms with van der Waals surface area (Å²) in [5, 5.41) is 10.7. The van der Waals surface area contributed by atoms with E-state index in [1.165, 1.54) is 28.9 Å². The Bertz CT molecular complexity index is 982. The summed E-state index contributed by atoms with van der Waals surface area (Å²) < 4.78 is 20.0. The number of fused-ring (bicyclic) bond motifs is 1. The van der Waals surface area contributed by atoms with Crippen molar-refractivity contribution in [1.82, 2.24) is 20.3 Å². The first-order valence-corrected chi connectivity index (χ1v) is 8.64. The standard InChI is InChI=1S/C19H17FN4O3/c20-13-7-5-12(6-8-13)18(19(26)21-14-9-10-14)27-17(25)11-24-16-4-2-1-3-15(16)22-23-24/h1-8,14,18H,9-11H2,(H,21,26). The molecule has 0 aliphatic heterocycles. The van der Waals surface area contributed by atoms with Gasteiger partial charge >= 0.3 is 5.97 Å². The number of esters is 1. The van der Waals surface area contributed by atoms with E-state index in [-0.39, 0.29) is 12.6 Å². The second-order valence-electron chi connectivity index (χ2n) is 6.44. The number of halogens is 1. The highest BCUT2D eigenvalue weighted by atomic mass is 19.1. The number of nitrogens with one attached hydrogen (secondary N) is 1. The van der Waals surface area contributed by atoms with Crippen molar-refractivity contribution >= 4 is 22.9 Å². The van der Waals surface area contributed by atoms with Crippen LogP contribution >= 0.6 is 0 Å². The number of nitrogens with zero attached hydrogens (tertiary/aromatic N) is 3. The van der Waals surface area contributed by atoms with Crippen LogP contribution in [0.25, 0.3) is 11.0 Å². The fourth-order valence-electron chi connectivity index (χ4n) is 2.74. The third kappa shape index (κ3) is 3.94. The van der Waals surface area contributed by atoms with Crippen molar-refractivity contribution in [3.05, 3.63) is 59.9 Å². The van der Waals surface area contributed by atoms with Crippen molar-refractivity contribution in [2.45, 2.75) is 31.5 Å². The Morgan fingerprint density at radius 3 is 2.67 bits per heavy atom. The number of rotatable bonds is 6. The molecule has 4 rings (SSSR count). The number of hydrogen-bond acceptors (Lipinski definition) is 5. The number of aromatic nitrogens is 3. The summed E-state index contributed by atoms with van der Waals surface area (Å²) in [4.78, 5) is 25.0. The minimum atomic E-state index is -1.14. The number of carbonyl (C=O) groups excluding carboxylic acids is 2. The molecule has 1 atom stereocenters.